The Morgan fingerprint density at radius 3 is 1.20 bits per heavy atom. The molecule has 0 saturated carbocycles. The predicted octanol–water partition coefficient (Wildman–Crippen LogP) is 4.57. The first-order valence-corrected chi connectivity index (χ1v) is 11.5. The average molecular weight is 441 g/mol. The van der Waals surface area contributed by atoms with Gasteiger partial charge in [-0.2, -0.15) is 0 Å². The summed E-state index contributed by atoms with van der Waals surface area (Å²) in [5, 5.41) is 0. The van der Waals surface area contributed by atoms with Gasteiger partial charge >= 0.3 is 0 Å². The molecule has 0 aliphatic heterocycles. The molecule has 0 aromatic carbocycles. The number of hydrogen-bond donors (Lipinski definition) is 0. The lowest BCUT2D eigenvalue weighted by Crippen LogP contribution is -3.00. The van der Waals surface area contributed by atoms with Crippen molar-refractivity contribution >= 4 is 11.6 Å². The van der Waals surface area contributed by atoms with Crippen molar-refractivity contribution in [1.82, 2.24) is 0 Å². The summed E-state index contributed by atoms with van der Waals surface area (Å²) in [7, 11) is 4.74. The predicted molar refractivity (Wildman–Crippen MR) is 112 cm³/mol. The van der Waals surface area contributed by atoms with Gasteiger partial charge in [-0.05, 0) is 25.7 Å². The number of alkyl halides is 1. The van der Waals surface area contributed by atoms with Crippen LogP contribution < -0.4 is 17.0 Å². The molecule has 154 valence electrons. The van der Waals surface area contributed by atoms with Crippen molar-refractivity contribution in [1.29, 1.82) is 0 Å². The minimum absolute atomic E-state index is 0. The number of hydrogen-bond acceptors (Lipinski definition) is 0. The maximum atomic E-state index is 5.76. The van der Waals surface area contributed by atoms with Gasteiger partial charge in [-0.25, -0.2) is 0 Å². The second kappa shape index (κ2) is 21.0. The first-order valence-electron chi connectivity index (χ1n) is 11.0. The molecule has 1 nitrogen and oxygen atoms in total. The zero-order chi connectivity index (χ0) is 17.9. The Morgan fingerprint density at radius 2 is 0.840 bits per heavy atom. The Morgan fingerprint density at radius 1 is 0.520 bits per heavy atom. The molecule has 0 rings (SSSR count). The Bertz CT molecular complexity index is 246. The molecule has 25 heavy (non-hydrogen) atoms. The molecule has 0 aromatic rings. The van der Waals surface area contributed by atoms with E-state index < -0.39 is 0 Å². The summed E-state index contributed by atoms with van der Waals surface area (Å²) >= 11 is 5.76. The molecular weight excluding hydrogens is 394 g/mol. The van der Waals surface area contributed by atoms with E-state index in [1.54, 1.807) is 0 Å². The van der Waals surface area contributed by atoms with E-state index in [1.165, 1.54) is 120 Å². The molecule has 0 aliphatic carbocycles. The summed E-state index contributed by atoms with van der Waals surface area (Å²) in [5.41, 5.74) is 0. The highest BCUT2D eigenvalue weighted by molar-refractivity contribution is 6.17. The first-order chi connectivity index (χ1) is 11.6. The van der Waals surface area contributed by atoms with E-state index >= 15 is 0 Å². The van der Waals surface area contributed by atoms with Crippen LogP contribution in [0.2, 0.25) is 0 Å². The fourth-order valence-corrected chi connectivity index (χ4v) is 3.67. The van der Waals surface area contributed by atoms with Gasteiger partial charge in [0.05, 0.1) is 27.2 Å². The zero-order valence-electron chi connectivity index (χ0n) is 17.6. The number of nitrogens with zero attached hydrogens (tertiary/aromatic N) is 1. The third kappa shape index (κ3) is 22.7. The maximum Gasteiger partial charge on any atom is 0.0782 e. The standard InChI is InChI=1S/C22H47ClN.BrH/c1-4-5-6-7-8-9-10-11-12-13-14-15-16-18-21-24(2,3)22-19-17-20-23;/h4-22H2,1-3H3;1H/q+1;/p-1. The molecular formula is C22H47BrClN. The molecule has 0 heterocycles. The van der Waals surface area contributed by atoms with Crippen molar-refractivity contribution in [2.45, 2.75) is 110 Å². The van der Waals surface area contributed by atoms with Crippen LogP contribution in [0.3, 0.4) is 0 Å². The Balaban J connectivity index is 0. The van der Waals surface area contributed by atoms with Crippen molar-refractivity contribution in [2.75, 3.05) is 33.1 Å². The number of halogens is 2. The normalized spacial score (nSPS) is 11.5. The number of quaternary nitrogens is 1. The van der Waals surface area contributed by atoms with Crippen LogP contribution in [0.1, 0.15) is 110 Å². The van der Waals surface area contributed by atoms with E-state index in [9.17, 15) is 0 Å². The molecule has 0 amide bonds. The summed E-state index contributed by atoms with van der Waals surface area (Å²) in [5.74, 6) is 0.818. The van der Waals surface area contributed by atoms with Crippen molar-refractivity contribution in [2.24, 2.45) is 0 Å². The molecule has 0 saturated heterocycles. The van der Waals surface area contributed by atoms with E-state index in [0.717, 1.165) is 5.88 Å². The quantitative estimate of drug-likeness (QED) is 0.157. The van der Waals surface area contributed by atoms with E-state index in [4.69, 9.17) is 11.6 Å². The molecule has 0 spiro atoms. The molecule has 0 bridgehead atoms. The molecule has 0 aliphatic rings. The number of rotatable bonds is 19. The lowest BCUT2D eigenvalue weighted by atomic mass is 10.0. The second-order valence-corrected chi connectivity index (χ2v) is 8.75. The smallest absolute Gasteiger partial charge is 0.0782 e. The molecule has 0 fully saturated rings. The lowest BCUT2D eigenvalue weighted by molar-refractivity contribution is -0.890. The second-order valence-electron chi connectivity index (χ2n) is 8.38. The minimum Gasteiger partial charge on any atom is -1.00 e. The van der Waals surface area contributed by atoms with Crippen LogP contribution in [0, 0.1) is 0 Å². The van der Waals surface area contributed by atoms with Crippen molar-refractivity contribution in [3.8, 4) is 0 Å². The van der Waals surface area contributed by atoms with Gasteiger partial charge in [0.2, 0.25) is 0 Å². The summed E-state index contributed by atoms with van der Waals surface area (Å²) in [6.45, 7) is 4.91. The summed E-state index contributed by atoms with van der Waals surface area (Å²) in [6.07, 6.45) is 22.7. The van der Waals surface area contributed by atoms with Gasteiger partial charge in [0.25, 0.3) is 0 Å². The molecule has 3 heteroatoms. The fourth-order valence-electron chi connectivity index (χ4n) is 3.48. The monoisotopic (exact) mass is 439 g/mol. The highest BCUT2D eigenvalue weighted by Crippen LogP contribution is 2.13. The van der Waals surface area contributed by atoms with Gasteiger partial charge in [0.1, 0.15) is 0 Å². The summed E-state index contributed by atoms with van der Waals surface area (Å²) < 4.78 is 1.18. The van der Waals surface area contributed by atoms with Gasteiger partial charge in [0.15, 0.2) is 0 Å². The Labute approximate surface area is 175 Å². The van der Waals surface area contributed by atoms with Gasteiger partial charge in [-0.1, -0.05) is 84.0 Å². The van der Waals surface area contributed by atoms with Crippen LogP contribution >= 0.6 is 11.6 Å². The summed E-state index contributed by atoms with van der Waals surface area (Å²) in [4.78, 5) is 0. The summed E-state index contributed by atoms with van der Waals surface area (Å²) in [6, 6.07) is 0. The SMILES string of the molecule is CCCCCCCCCCCCCCCC[N+](C)(C)CCCCCl.[Br-]. The molecule has 0 radical (unpaired) electrons. The van der Waals surface area contributed by atoms with E-state index in [0.29, 0.717) is 0 Å². The molecule has 0 atom stereocenters. The van der Waals surface area contributed by atoms with E-state index in [1.807, 2.05) is 0 Å². The van der Waals surface area contributed by atoms with Crippen LogP contribution in [-0.4, -0.2) is 37.5 Å². The first kappa shape index (κ1) is 27.9. The van der Waals surface area contributed by atoms with Gasteiger partial charge < -0.3 is 21.5 Å². The fraction of sp³-hybridized carbons (Fsp3) is 1.00. The van der Waals surface area contributed by atoms with Crippen molar-refractivity contribution in [3.63, 3.8) is 0 Å². The third-order valence-electron chi connectivity index (χ3n) is 5.26. The van der Waals surface area contributed by atoms with Crippen LogP contribution in [-0.2, 0) is 0 Å². The largest absolute Gasteiger partial charge is 1.00 e. The highest BCUT2D eigenvalue weighted by atomic mass is 79.9. The van der Waals surface area contributed by atoms with Gasteiger partial charge in [0, 0.05) is 5.88 Å². The highest BCUT2D eigenvalue weighted by Gasteiger charge is 2.13. The molecule has 0 aromatic heterocycles. The molecule has 0 N–H and O–H groups in total. The maximum absolute atomic E-state index is 5.76. The van der Waals surface area contributed by atoms with Crippen molar-refractivity contribution < 1.29 is 21.5 Å². The van der Waals surface area contributed by atoms with Crippen LogP contribution in [0.4, 0.5) is 0 Å². The lowest BCUT2D eigenvalue weighted by Gasteiger charge is -2.29. The Hall–Kier alpha value is 0.730. The minimum atomic E-state index is 0. The van der Waals surface area contributed by atoms with Crippen LogP contribution in [0.5, 0.6) is 0 Å². The van der Waals surface area contributed by atoms with Gasteiger partial charge in [-0.3, -0.25) is 0 Å². The Kier molecular flexibility index (Phi) is 23.5. The van der Waals surface area contributed by atoms with E-state index in [-0.39, 0.29) is 17.0 Å². The number of unbranched alkanes of at least 4 members (excludes halogenated alkanes) is 14. The third-order valence-corrected chi connectivity index (χ3v) is 5.53. The zero-order valence-corrected chi connectivity index (χ0v) is 20.0. The van der Waals surface area contributed by atoms with Crippen LogP contribution in [0.25, 0.3) is 0 Å². The molecule has 0 unspecified atom stereocenters. The van der Waals surface area contributed by atoms with Gasteiger partial charge in [-0.15, -0.1) is 11.6 Å². The van der Waals surface area contributed by atoms with E-state index in [2.05, 4.69) is 21.0 Å². The van der Waals surface area contributed by atoms with Crippen molar-refractivity contribution in [3.05, 3.63) is 0 Å². The average Bonchev–Trinajstić information content (AvgIpc) is 2.55. The van der Waals surface area contributed by atoms with Crippen LogP contribution in [0.15, 0.2) is 0 Å². The topological polar surface area (TPSA) is 0 Å².